The van der Waals surface area contributed by atoms with Crippen molar-refractivity contribution in [3.8, 4) is 0 Å². The molecule has 0 bridgehead atoms. The third-order valence-electron chi connectivity index (χ3n) is 5.81. The summed E-state index contributed by atoms with van der Waals surface area (Å²) in [5.41, 5.74) is 0. The lowest BCUT2D eigenvalue weighted by Crippen LogP contribution is -2.29. The Balaban J connectivity index is 1.96. The Morgan fingerprint density at radius 2 is 1.44 bits per heavy atom. The zero-order valence-electron chi connectivity index (χ0n) is 18.4. The number of likely N-dealkylation sites (N-methyl/N-ethyl adjacent to an activating group) is 1. The van der Waals surface area contributed by atoms with Gasteiger partial charge in [-0.25, -0.2) is 0 Å². The molecule has 0 aromatic heterocycles. The molecule has 0 aromatic carbocycles. The summed E-state index contributed by atoms with van der Waals surface area (Å²) in [5, 5.41) is 9.22. The quantitative estimate of drug-likeness (QED) is 0.186. The van der Waals surface area contributed by atoms with Gasteiger partial charge in [-0.1, -0.05) is 89.7 Å². The number of β-amino-alcohol motifs (C(OH)–C–C–N with tert-alkyl or cyclic N) is 1. The van der Waals surface area contributed by atoms with Gasteiger partial charge in [-0.15, -0.1) is 0 Å². The molecule has 0 spiro atoms. The monoisotopic (exact) mass is 379 g/mol. The molecule has 1 aliphatic rings. The Bertz CT molecular complexity index is 403. The Hall–Kier alpha value is -0.830. The Kier molecular flexibility index (Phi) is 15.5. The highest BCUT2D eigenvalue weighted by Gasteiger charge is 2.27. The highest BCUT2D eigenvalue weighted by atomic mass is 16.3. The lowest BCUT2D eigenvalue weighted by Gasteiger charge is -2.09. The first kappa shape index (κ1) is 24.2. The van der Waals surface area contributed by atoms with Crippen LogP contribution in [0, 0.1) is 0 Å². The largest absolute Gasteiger partial charge is 0.392 e. The number of allylic oxidation sites excluding steroid dienone is 1. The fourth-order valence-corrected chi connectivity index (χ4v) is 4.07. The van der Waals surface area contributed by atoms with E-state index in [4.69, 9.17) is 0 Å². The molecule has 27 heavy (non-hydrogen) atoms. The third kappa shape index (κ3) is 11.6. The average Bonchev–Trinajstić information content (AvgIpc) is 3.07. The summed E-state index contributed by atoms with van der Waals surface area (Å²) in [6.45, 7) is 8.79. The van der Waals surface area contributed by atoms with E-state index in [1.807, 2.05) is 0 Å². The second-order valence-corrected chi connectivity index (χ2v) is 8.06. The minimum absolute atomic E-state index is 0.254. The molecule has 0 atom stereocenters. The number of aliphatic hydroxyl groups excluding tert-OH is 1. The maximum Gasteiger partial charge on any atom is 0.251 e. The standard InChI is InChI=1S/C24H47N2O/c1-3-5-6-7-8-9-10-11-12-13-14-15-16-17-18-19-24-25(4-2)20-21-26(24)22-23-27/h17-18,27H,3-16,19-23H2,1-2H3/q+1/b18-17+. The summed E-state index contributed by atoms with van der Waals surface area (Å²) >= 11 is 0. The molecule has 0 aromatic rings. The molecule has 1 heterocycles. The van der Waals surface area contributed by atoms with E-state index in [1.165, 1.54) is 89.3 Å². The van der Waals surface area contributed by atoms with Crippen LogP contribution >= 0.6 is 0 Å². The van der Waals surface area contributed by atoms with Gasteiger partial charge in [0.25, 0.3) is 5.84 Å². The SMILES string of the molecule is CCCCCCCCCCCCCC/C=C/CC1=[N+](CCO)CCN1CC. The van der Waals surface area contributed by atoms with Crippen LogP contribution in [0.3, 0.4) is 0 Å². The lowest BCUT2D eigenvalue weighted by atomic mass is 10.0. The van der Waals surface area contributed by atoms with Crippen LogP contribution < -0.4 is 0 Å². The minimum atomic E-state index is 0.254. The van der Waals surface area contributed by atoms with Crippen LogP contribution in [-0.2, 0) is 0 Å². The predicted molar refractivity (Wildman–Crippen MR) is 119 cm³/mol. The highest BCUT2D eigenvalue weighted by Crippen LogP contribution is 2.13. The van der Waals surface area contributed by atoms with Gasteiger partial charge in [0.1, 0.15) is 19.6 Å². The summed E-state index contributed by atoms with van der Waals surface area (Å²) in [7, 11) is 0. The fraction of sp³-hybridized carbons (Fsp3) is 0.875. The molecular weight excluding hydrogens is 332 g/mol. The normalized spacial score (nSPS) is 14.9. The zero-order valence-corrected chi connectivity index (χ0v) is 18.4. The van der Waals surface area contributed by atoms with Crippen molar-refractivity contribution >= 4 is 5.84 Å². The average molecular weight is 380 g/mol. The number of aliphatic hydroxyl groups is 1. The van der Waals surface area contributed by atoms with Crippen molar-refractivity contribution in [3.05, 3.63) is 12.2 Å². The number of amidine groups is 1. The van der Waals surface area contributed by atoms with Crippen molar-refractivity contribution in [3.63, 3.8) is 0 Å². The molecule has 1 aliphatic heterocycles. The van der Waals surface area contributed by atoms with Gasteiger partial charge in [-0.3, -0.25) is 9.48 Å². The summed E-state index contributed by atoms with van der Waals surface area (Å²) in [6.07, 6.45) is 24.0. The molecule has 1 N–H and O–H groups in total. The molecule has 1 rings (SSSR count). The topological polar surface area (TPSA) is 26.5 Å². The van der Waals surface area contributed by atoms with E-state index < -0.39 is 0 Å². The maximum atomic E-state index is 9.22. The molecule has 0 saturated heterocycles. The third-order valence-corrected chi connectivity index (χ3v) is 5.81. The van der Waals surface area contributed by atoms with Crippen molar-refractivity contribution in [1.82, 2.24) is 4.90 Å². The molecule has 0 radical (unpaired) electrons. The maximum absolute atomic E-state index is 9.22. The van der Waals surface area contributed by atoms with E-state index in [2.05, 4.69) is 35.5 Å². The summed E-state index contributed by atoms with van der Waals surface area (Å²) in [4.78, 5) is 2.45. The molecule has 0 saturated carbocycles. The van der Waals surface area contributed by atoms with Crippen molar-refractivity contribution in [2.45, 2.75) is 104 Å². The smallest absolute Gasteiger partial charge is 0.251 e. The van der Waals surface area contributed by atoms with Crippen LogP contribution in [0.5, 0.6) is 0 Å². The molecule has 158 valence electrons. The molecule has 0 aliphatic carbocycles. The van der Waals surface area contributed by atoms with E-state index in [9.17, 15) is 5.11 Å². The molecule has 0 amide bonds. The molecule has 3 nitrogen and oxygen atoms in total. The van der Waals surface area contributed by atoms with E-state index in [0.29, 0.717) is 0 Å². The molecular formula is C24H47N2O+. The highest BCUT2D eigenvalue weighted by molar-refractivity contribution is 5.79. The van der Waals surface area contributed by atoms with Crippen LogP contribution in [0.4, 0.5) is 0 Å². The zero-order chi connectivity index (χ0) is 19.6. The summed E-state index contributed by atoms with van der Waals surface area (Å²) < 4.78 is 2.34. The number of rotatable bonds is 18. The van der Waals surface area contributed by atoms with Crippen molar-refractivity contribution in [2.75, 3.05) is 32.8 Å². The van der Waals surface area contributed by atoms with Crippen LogP contribution in [0.2, 0.25) is 0 Å². The van der Waals surface area contributed by atoms with E-state index in [0.717, 1.165) is 32.6 Å². The fourth-order valence-electron chi connectivity index (χ4n) is 4.07. The Morgan fingerprint density at radius 1 is 0.852 bits per heavy atom. The summed E-state index contributed by atoms with van der Waals surface area (Å²) in [5.74, 6) is 1.40. The van der Waals surface area contributed by atoms with Gasteiger partial charge in [0.2, 0.25) is 0 Å². The minimum Gasteiger partial charge on any atom is -0.392 e. The second kappa shape index (κ2) is 17.3. The molecule has 0 unspecified atom stereocenters. The van der Waals surface area contributed by atoms with Crippen LogP contribution in [-0.4, -0.2) is 53.2 Å². The van der Waals surface area contributed by atoms with E-state index in [-0.39, 0.29) is 6.61 Å². The van der Waals surface area contributed by atoms with Gasteiger partial charge in [-0.05, 0) is 19.8 Å². The van der Waals surface area contributed by atoms with Gasteiger partial charge in [-0.2, -0.15) is 0 Å². The van der Waals surface area contributed by atoms with Crippen molar-refractivity contribution in [2.24, 2.45) is 0 Å². The van der Waals surface area contributed by atoms with Crippen LogP contribution in [0.1, 0.15) is 104 Å². The van der Waals surface area contributed by atoms with Gasteiger partial charge in [0.05, 0.1) is 19.6 Å². The van der Waals surface area contributed by atoms with Gasteiger partial charge >= 0.3 is 0 Å². The van der Waals surface area contributed by atoms with Crippen LogP contribution in [0.15, 0.2) is 12.2 Å². The van der Waals surface area contributed by atoms with Crippen LogP contribution in [0.25, 0.3) is 0 Å². The summed E-state index contributed by atoms with van der Waals surface area (Å²) in [6, 6.07) is 0. The van der Waals surface area contributed by atoms with Crippen molar-refractivity contribution in [1.29, 1.82) is 0 Å². The Labute approximate surface area is 169 Å². The molecule has 3 heteroatoms. The first-order valence-electron chi connectivity index (χ1n) is 11.9. The first-order valence-corrected chi connectivity index (χ1v) is 11.9. The second-order valence-electron chi connectivity index (χ2n) is 8.06. The lowest BCUT2D eigenvalue weighted by molar-refractivity contribution is -0.521. The van der Waals surface area contributed by atoms with Gasteiger partial charge in [0, 0.05) is 0 Å². The van der Waals surface area contributed by atoms with Crippen molar-refractivity contribution < 1.29 is 9.68 Å². The van der Waals surface area contributed by atoms with Gasteiger partial charge in [0.15, 0.2) is 0 Å². The number of unbranched alkanes of at least 4 members (excludes halogenated alkanes) is 12. The number of hydrogen-bond donors (Lipinski definition) is 1. The number of hydrogen-bond acceptors (Lipinski definition) is 2. The Morgan fingerprint density at radius 3 is 2.00 bits per heavy atom. The number of nitrogens with zero attached hydrogens (tertiary/aromatic N) is 2. The predicted octanol–water partition coefficient (Wildman–Crippen LogP) is 5.76. The van der Waals surface area contributed by atoms with E-state index >= 15 is 0 Å². The van der Waals surface area contributed by atoms with Gasteiger partial charge < -0.3 is 5.11 Å². The molecule has 0 fully saturated rings. The van der Waals surface area contributed by atoms with E-state index in [1.54, 1.807) is 0 Å². The first-order chi connectivity index (χ1) is 13.3.